The van der Waals surface area contributed by atoms with E-state index in [0.29, 0.717) is 16.8 Å². The van der Waals surface area contributed by atoms with Crippen molar-refractivity contribution >= 4 is 50.6 Å². The van der Waals surface area contributed by atoms with E-state index in [0.717, 1.165) is 27.4 Å². The maximum Gasteiger partial charge on any atom is 0.339 e. The van der Waals surface area contributed by atoms with E-state index in [1.165, 1.54) is 31.2 Å². The molecular weight excluding hydrogens is 532 g/mol. The lowest BCUT2D eigenvalue weighted by Gasteiger charge is -2.18. The van der Waals surface area contributed by atoms with Gasteiger partial charge in [0, 0.05) is 34.2 Å². The van der Waals surface area contributed by atoms with Crippen molar-refractivity contribution in [2.75, 3.05) is 10.6 Å². The number of hydrogen-bond acceptors (Lipinski definition) is 7. The van der Waals surface area contributed by atoms with Gasteiger partial charge in [0.05, 0.1) is 16.6 Å². The molecule has 1 amide bonds. The fourth-order valence-corrected chi connectivity index (χ4v) is 6.92. The second-order valence-electron chi connectivity index (χ2n) is 9.09. The lowest BCUT2D eigenvalue weighted by molar-refractivity contribution is -0.114. The van der Waals surface area contributed by atoms with Gasteiger partial charge in [0.15, 0.2) is 5.78 Å². The molecule has 0 saturated carbocycles. The van der Waals surface area contributed by atoms with Gasteiger partial charge in [-0.05, 0) is 54.1 Å². The number of Topliss-reactive ketones (excluding diaryl/α,β-unsaturated/α-hetero) is 1. The van der Waals surface area contributed by atoms with E-state index in [9.17, 15) is 18.0 Å². The standard InChI is InChI=1S/C30H22N2O5S2/c1-18(33)31-20-12-16-22(17-13-20)39(35,36)37-21-14-10-19(11-15-21)30-27-28(23-6-2-3-7-24(23)29(27)34)32-25-8-4-5-9-26(25)38-30/h2-17,30,32H,1H3,(H,31,33)/t30-/m1/s1. The van der Waals surface area contributed by atoms with Crippen molar-refractivity contribution in [1.82, 2.24) is 0 Å². The van der Waals surface area contributed by atoms with Crippen LogP contribution in [0.2, 0.25) is 0 Å². The number of hydrogen-bond donors (Lipinski definition) is 2. The van der Waals surface area contributed by atoms with Crippen LogP contribution in [0.15, 0.2) is 112 Å². The third-order valence-electron chi connectivity index (χ3n) is 6.46. The lowest BCUT2D eigenvalue weighted by Crippen LogP contribution is -2.11. The van der Waals surface area contributed by atoms with Crippen molar-refractivity contribution in [3.8, 4) is 5.75 Å². The average Bonchev–Trinajstić information content (AvgIpc) is 3.08. The van der Waals surface area contributed by atoms with Crippen molar-refractivity contribution in [3.05, 3.63) is 119 Å². The first-order valence-corrected chi connectivity index (χ1v) is 14.4. The molecule has 0 bridgehead atoms. The Balaban J connectivity index is 1.31. The van der Waals surface area contributed by atoms with Crippen molar-refractivity contribution in [3.63, 3.8) is 0 Å². The number of para-hydroxylation sites is 1. The van der Waals surface area contributed by atoms with Gasteiger partial charge < -0.3 is 14.8 Å². The molecule has 2 aliphatic rings. The molecule has 6 rings (SSSR count). The normalized spacial score (nSPS) is 15.9. The Hall–Kier alpha value is -4.34. The van der Waals surface area contributed by atoms with E-state index in [2.05, 4.69) is 10.6 Å². The number of anilines is 2. The number of amides is 1. The molecule has 0 unspecified atom stereocenters. The molecule has 4 aromatic carbocycles. The zero-order valence-electron chi connectivity index (χ0n) is 20.7. The highest BCUT2D eigenvalue weighted by molar-refractivity contribution is 8.00. The summed E-state index contributed by atoms with van der Waals surface area (Å²) in [6, 6.07) is 28.0. The van der Waals surface area contributed by atoms with Crippen molar-refractivity contribution < 1.29 is 22.2 Å². The van der Waals surface area contributed by atoms with Gasteiger partial charge in [-0.2, -0.15) is 8.42 Å². The predicted octanol–water partition coefficient (Wildman–Crippen LogP) is 6.28. The molecule has 1 heterocycles. The highest BCUT2D eigenvalue weighted by atomic mass is 32.2. The Morgan fingerprint density at radius 2 is 1.54 bits per heavy atom. The number of benzene rings is 4. The summed E-state index contributed by atoms with van der Waals surface area (Å²) in [6.07, 6.45) is 0. The molecule has 0 radical (unpaired) electrons. The molecule has 1 aliphatic heterocycles. The van der Waals surface area contributed by atoms with E-state index < -0.39 is 10.1 Å². The summed E-state index contributed by atoms with van der Waals surface area (Å²) in [5.74, 6) is -0.125. The van der Waals surface area contributed by atoms with E-state index in [-0.39, 0.29) is 27.6 Å². The Kier molecular flexibility index (Phi) is 6.25. The molecule has 7 nitrogen and oxygen atoms in total. The van der Waals surface area contributed by atoms with E-state index in [1.54, 1.807) is 36.0 Å². The molecular formula is C30H22N2O5S2. The maximum atomic E-state index is 13.6. The third kappa shape index (κ3) is 4.71. The van der Waals surface area contributed by atoms with Crippen LogP contribution in [0.5, 0.6) is 5.75 Å². The first-order valence-electron chi connectivity index (χ1n) is 12.1. The minimum Gasteiger partial charge on any atom is -0.379 e. The van der Waals surface area contributed by atoms with Crippen LogP contribution in [-0.4, -0.2) is 20.1 Å². The fraction of sp³-hybridized carbons (Fsp3) is 0.0667. The summed E-state index contributed by atoms with van der Waals surface area (Å²) >= 11 is 1.57. The molecule has 1 atom stereocenters. The van der Waals surface area contributed by atoms with Crippen LogP contribution in [0.3, 0.4) is 0 Å². The quantitative estimate of drug-likeness (QED) is 0.280. The highest BCUT2D eigenvalue weighted by Crippen LogP contribution is 2.52. The van der Waals surface area contributed by atoms with Gasteiger partial charge in [0.1, 0.15) is 10.6 Å². The molecule has 0 fully saturated rings. The Morgan fingerprint density at radius 1 is 0.872 bits per heavy atom. The van der Waals surface area contributed by atoms with Gasteiger partial charge in [-0.15, -0.1) is 11.8 Å². The van der Waals surface area contributed by atoms with E-state index in [4.69, 9.17) is 4.18 Å². The van der Waals surface area contributed by atoms with Crippen LogP contribution in [0.25, 0.3) is 5.70 Å². The number of carbonyl (C=O) groups excluding carboxylic acids is 2. The van der Waals surface area contributed by atoms with Crippen LogP contribution < -0.4 is 14.8 Å². The molecule has 194 valence electrons. The smallest absolute Gasteiger partial charge is 0.339 e. The number of fused-ring (bicyclic) bond motifs is 3. The SMILES string of the molecule is CC(=O)Nc1ccc(S(=O)(=O)Oc2ccc([C@H]3Sc4ccccc4NC4=C3C(=O)c3ccccc34)cc2)cc1. The maximum absolute atomic E-state index is 13.6. The summed E-state index contributed by atoms with van der Waals surface area (Å²) in [4.78, 5) is 25.8. The lowest BCUT2D eigenvalue weighted by atomic mass is 10.0. The second kappa shape index (κ2) is 9.76. The van der Waals surface area contributed by atoms with Crippen molar-refractivity contribution in [2.45, 2.75) is 22.0 Å². The zero-order valence-corrected chi connectivity index (χ0v) is 22.3. The summed E-state index contributed by atoms with van der Waals surface area (Å²) in [5.41, 5.74) is 5.25. The second-order valence-corrected chi connectivity index (χ2v) is 11.8. The van der Waals surface area contributed by atoms with Gasteiger partial charge in [-0.25, -0.2) is 0 Å². The van der Waals surface area contributed by atoms with Crippen LogP contribution in [0.1, 0.15) is 33.7 Å². The Labute approximate surface area is 230 Å². The van der Waals surface area contributed by atoms with Crippen molar-refractivity contribution in [1.29, 1.82) is 0 Å². The summed E-state index contributed by atoms with van der Waals surface area (Å²) < 4.78 is 31.1. The Morgan fingerprint density at radius 3 is 2.26 bits per heavy atom. The summed E-state index contributed by atoms with van der Waals surface area (Å²) in [6.45, 7) is 1.37. The van der Waals surface area contributed by atoms with Crippen LogP contribution >= 0.6 is 11.8 Å². The molecule has 1 aliphatic carbocycles. The molecule has 2 N–H and O–H groups in total. The van der Waals surface area contributed by atoms with E-state index in [1.807, 2.05) is 48.5 Å². The third-order valence-corrected chi connectivity index (χ3v) is 9.08. The molecule has 0 aromatic heterocycles. The zero-order chi connectivity index (χ0) is 27.1. The number of carbonyl (C=O) groups is 2. The number of ketones is 1. The molecule has 39 heavy (non-hydrogen) atoms. The number of nitrogens with one attached hydrogen (secondary N) is 2. The molecule has 0 saturated heterocycles. The number of rotatable bonds is 5. The Bertz CT molecular complexity index is 1760. The summed E-state index contributed by atoms with van der Waals surface area (Å²) in [7, 11) is -4.09. The van der Waals surface area contributed by atoms with Gasteiger partial charge in [-0.1, -0.05) is 48.5 Å². The van der Waals surface area contributed by atoms with Crippen LogP contribution in [0.4, 0.5) is 11.4 Å². The first-order chi connectivity index (χ1) is 18.8. The fourth-order valence-electron chi connectivity index (χ4n) is 4.70. The monoisotopic (exact) mass is 554 g/mol. The minimum absolute atomic E-state index is 0.0241. The molecule has 0 spiro atoms. The van der Waals surface area contributed by atoms with Crippen LogP contribution in [0, 0.1) is 0 Å². The van der Waals surface area contributed by atoms with Crippen molar-refractivity contribution in [2.24, 2.45) is 0 Å². The summed E-state index contributed by atoms with van der Waals surface area (Å²) in [5, 5.41) is 5.77. The van der Waals surface area contributed by atoms with Crippen LogP contribution in [-0.2, 0) is 14.9 Å². The largest absolute Gasteiger partial charge is 0.379 e. The minimum atomic E-state index is -4.09. The first kappa shape index (κ1) is 25.0. The van der Waals surface area contributed by atoms with Gasteiger partial charge >= 0.3 is 10.1 Å². The van der Waals surface area contributed by atoms with Gasteiger partial charge in [0.25, 0.3) is 0 Å². The van der Waals surface area contributed by atoms with Gasteiger partial charge in [-0.3, -0.25) is 9.59 Å². The number of thioether (sulfide) groups is 1. The average molecular weight is 555 g/mol. The van der Waals surface area contributed by atoms with E-state index >= 15 is 0 Å². The topological polar surface area (TPSA) is 102 Å². The highest BCUT2D eigenvalue weighted by Gasteiger charge is 2.38. The molecule has 9 heteroatoms. The molecule has 4 aromatic rings. The van der Waals surface area contributed by atoms with Gasteiger partial charge in [0.2, 0.25) is 5.91 Å². The predicted molar refractivity (Wildman–Crippen MR) is 151 cm³/mol.